The van der Waals surface area contributed by atoms with Crippen molar-refractivity contribution < 1.29 is 14.3 Å². The van der Waals surface area contributed by atoms with Crippen molar-refractivity contribution in [2.75, 3.05) is 11.1 Å². The quantitative estimate of drug-likeness (QED) is 0.664. The maximum Gasteiger partial charge on any atom is 0.234 e. The molecule has 20 heavy (non-hydrogen) atoms. The van der Waals surface area contributed by atoms with Crippen LogP contribution in [-0.2, 0) is 4.79 Å². The second-order valence-corrected chi connectivity index (χ2v) is 5.38. The maximum absolute atomic E-state index is 13.4. The van der Waals surface area contributed by atoms with E-state index in [0.29, 0.717) is 9.92 Å². The van der Waals surface area contributed by atoms with Crippen LogP contribution >= 0.6 is 23.4 Å². The summed E-state index contributed by atoms with van der Waals surface area (Å²) >= 11 is 6.86. The first-order valence-electron chi connectivity index (χ1n) is 5.72. The van der Waals surface area contributed by atoms with E-state index in [9.17, 15) is 14.3 Å². The number of nitrogens with one attached hydrogen (secondary N) is 1. The lowest BCUT2D eigenvalue weighted by molar-refractivity contribution is -0.113. The third kappa shape index (κ3) is 3.88. The second kappa shape index (κ2) is 6.63. The topological polar surface area (TPSA) is 49.3 Å². The minimum atomic E-state index is -0.365. The van der Waals surface area contributed by atoms with Gasteiger partial charge in [0.05, 0.1) is 11.4 Å². The fourth-order valence-corrected chi connectivity index (χ4v) is 2.41. The van der Waals surface area contributed by atoms with Gasteiger partial charge in [0.1, 0.15) is 11.6 Å². The van der Waals surface area contributed by atoms with Gasteiger partial charge in [-0.15, -0.1) is 11.8 Å². The van der Waals surface area contributed by atoms with Gasteiger partial charge < -0.3 is 10.4 Å². The molecule has 2 N–H and O–H groups in total. The molecule has 0 aliphatic carbocycles. The number of phenols is 1. The Morgan fingerprint density at radius 1 is 1.30 bits per heavy atom. The van der Waals surface area contributed by atoms with E-state index in [4.69, 9.17) is 11.6 Å². The summed E-state index contributed by atoms with van der Waals surface area (Å²) in [4.78, 5) is 12.2. The molecule has 2 rings (SSSR count). The van der Waals surface area contributed by atoms with Gasteiger partial charge in [-0.05, 0) is 30.3 Å². The van der Waals surface area contributed by atoms with E-state index in [2.05, 4.69) is 5.32 Å². The van der Waals surface area contributed by atoms with Crippen LogP contribution in [0.25, 0.3) is 0 Å². The molecule has 0 radical (unpaired) electrons. The molecule has 104 valence electrons. The molecule has 2 aromatic carbocycles. The number of carbonyl (C=O) groups excluding carboxylic acids is 1. The predicted molar refractivity (Wildman–Crippen MR) is 78.9 cm³/mol. The molecule has 0 atom stereocenters. The zero-order valence-corrected chi connectivity index (χ0v) is 11.8. The Balaban J connectivity index is 1.96. The highest BCUT2D eigenvalue weighted by molar-refractivity contribution is 8.00. The van der Waals surface area contributed by atoms with Gasteiger partial charge in [0, 0.05) is 9.92 Å². The molecule has 6 heteroatoms. The first-order chi connectivity index (χ1) is 9.56. The van der Waals surface area contributed by atoms with Crippen LogP contribution in [0.4, 0.5) is 10.1 Å². The summed E-state index contributed by atoms with van der Waals surface area (Å²) in [5, 5.41) is 12.5. The Hall–Kier alpha value is -1.72. The zero-order chi connectivity index (χ0) is 14.5. The van der Waals surface area contributed by atoms with Crippen molar-refractivity contribution in [2.24, 2.45) is 0 Å². The highest BCUT2D eigenvalue weighted by Gasteiger charge is 2.09. The molecule has 0 fully saturated rings. The van der Waals surface area contributed by atoms with E-state index >= 15 is 0 Å². The van der Waals surface area contributed by atoms with Gasteiger partial charge in [0.2, 0.25) is 5.91 Å². The first kappa shape index (κ1) is 14.7. The number of carbonyl (C=O) groups is 1. The lowest BCUT2D eigenvalue weighted by Gasteiger charge is -2.08. The number of phenolic OH excluding ortho intramolecular Hbond substituents is 1. The standard InChI is InChI=1S/C14H11ClFNO2S/c15-9-5-6-12(18)11(7-9)17-14(19)8-20-13-4-2-1-3-10(13)16/h1-7,18H,8H2,(H,17,19). The van der Waals surface area contributed by atoms with Crippen molar-refractivity contribution in [3.63, 3.8) is 0 Å². The van der Waals surface area contributed by atoms with E-state index in [1.54, 1.807) is 18.2 Å². The Morgan fingerprint density at radius 3 is 2.80 bits per heavy atom. The van der Waals surface area contributed by atoms with Gasteiger partial charge in [-0.2, -0.15) is 0 Å². The first-order valence-corrected chi connectivity index (χ1v) is 7.08. The number of hydrogen-bond acceptors (Lipinski definition) is 3. The van der Waals surface area contributed by atoms with Gasteiger partial charge in [-0.1, -0.05) is 23.7 Å². The fraction of sp³-hybridized carbons (Fsp3) is 0.0714. The Morgan fingerprint density at radius 2 is 2.05 bits per heavy atom. The summed E-state index contributed by atoms with van der Waals surface area (Å²) in [7, 11) is 0. The summed E-state index contributed by atoms with van der Waals surface area (Å²) in [6.07, 6.45) is 0. The number of hydrogen-bond donors (Lipinski definition) is 2. The van der Waals surface area contributed by atoms with E-state index in [1.807, 2.05) is 0 Å². The van der Waals surface area contributed by atoms with Crippen LogP contribution in [0.15, 0.2) is 47.4 Å². The van der Waals surface area contributed by atoms with Gasteiger partial charge in [-0.3, -0.25) is 4.79 Å². The third-order valence-electron chi connectivity index (χ3n) is 2.43. The molecule has 3 nitrogen and oxygen atoms in total. The van der Waals surface area contributed by atoms with Crippen LogP contribution in [0.1, 0.15) is 0 Å². The lowest BCUT2D eigenvalue weighted by Crippen LogP contribution is -2.14. The van der Waals surface area contributed by atoms with Crippen molar-refractivity contribution >= 4 is 35.0 Å². The summed E-state index contributed by atoms with van der Waals surface area (Å²) in [6.45, 7) is 0. The number of rotatable bonds is 4. The molecule has 0 aliphatic rings. The van der Waals surface area contributed by atoms with E-state index in [0.717, 1.165) is 11.8 Å². The van der Waals surface area contributed by atoms with E-state index in [-0.39, 0.29) is 28.9 Å². The maximum atomic E-state index is 13.4. The van der Waals surface area contributed by atoms with Crippen molar-refractivity contribution in [1.82, 2.24) is 0 Å². The molecular weight excluding hydrogens is 301 g/mol. The number of thioether (sulfide) groups is 1. The van der Waals surface area contributed by atoms with Crippen molar-refractivity contribution in [3.05, 3.63) is 53.3 Å². The van der Waals surface area contributed by atoms with E-state index in [1.165, 1.54) is 24.3 Å². The SMILES string of the molecule is O=C(CSc1ccccc1F)Nc1cc(Cl)ccc1O. The Labute approximate surface area is 124 Å². The molecular formula is C14H11ClFNO2S. The average Bonchev–Trinajstić information content (AvgIpc) is 2.42. The molecule has 0 bridgehead atoms. The van der Waals surface area contributed by atoms with Crippen LogP contribution in [0, 0.1) is 5.82 Å². The second-order valence-electron chi connectivity index (χ2n) is 3.93. The van der Waals surface area contributed by atoms with Crippen molar-refractivity contribution in [1.29, 1.82) is 0 Å². The van der Waals surface area contributed by atoms with Gasteiger partial charge in [-0.25, -0.2) is 4.39 Å². The molecule has 0 aliphatic heterocycles. The fourth-order valence-electron chi connectivity index (χ4n) is 1.50. The summed E-state index contributed by atoms with van der Waals surface area (Å²) < 4.78 is 13.4. The van der Waals surface area contributed by atoms with Crippen molar-refractivity contribution in [3.8, 4) is 5.75 Å². The lowest BCUT2D eigenvalue weighted by atomic mass is 10.3. The molecule has 0 spiro atoms. The van der Waals surface area contributed by atoms with Crippen LogP contribution in [0.5, 0.6) is 5.75 Å². The Bertz CT molecular complexity index is 636. The summed E-state index contributed by atoms with van der Waals surface area (Å²) in [5.74, 6) is -0.752. The molecule has 0 saturated heterocycles. The molecule has 0 heterocycles. The minimum Gasteiger partial charge on any atom is -0.506 e. The molecule has 2 aromatic rings. The smallest absolute Gasteiger partial charge is 0.234 e. The van der Waals surface area contributed by atoms with Crippen LogP contribution in [-0.4, -0.2) is 16.8 Å². The van der Waals surface area contributed by atoms with E-state index < -0.39 is 0 Å². The van der Waals surface area contributed by atoms with Gasteiger partial charge >= 0.3 is 0 Å². The zero-order valence-electron chi connectivity index (χ0n) is 10.3. The number of benzene rings is 2. The third-order valence-corrected chi connectivity index (χ3v) is 3.71. The normalized spacial score (nSPS) is 10.3. The number of halogens is 2. The predicted octanol–water partition coefficient (Wildman–Crippen LogP) is 3.92. The molecule has 0 aromatic heterocycles. The van der Waals surface area contributed by atoms with Crippen LogP contribution in [0.2, 0.25) is 5.02 Å². The monoisotopic (exact) mass is 311 g/mol. The Kier molecular flexibility index (Phi) is 4.87. The summed E-state index contributed by atoms with van der Waals surface area (Å²) in [5.41, 5.74) is 0.233. The van der Waals surface area contributed by atoms with Crippen molar-refractivity contribution in [2.45, 2.75) is 4.90 Å². The largest absolute Gasteiger partial charge is 0.506 e. The summed E-state index contributed by atoms with van der Waals surface area (Å²) in [6, 6.07) is 10.6. The van der Waals surface area contributed by atoms with Gasteiger partial charge in [0.25, 0.3) is 0 Å². The van der Waals surface area contributed by atoms with Crippen LogP contribution in [0.3, 0.4) is 0 Å². The highest BCUT2D eigenvalue weighted by Crippen LogP contribution is 2.27. The number of anilines is 1. The van der Waals surface area contributed by atoms with Crippen LogP contribution < -0.4 is 5.32 Å². The number of amides is 1. The minimum absolute atomic E-state index is 0.0346. The molecule has 0 saturated carbocycles. The molecule has 1 amide bonds. The number of aromatic hydroxyl groups is 1. The molecule has 0 unspecified atom stereocenters. The average molecular weight is 312 g/mol. The van der Waals surface area contributed by atoms with Gasteiger partial charge in [0.15, 0.2) is 0 Å². The highest BCUT2D eigenvalue weighted by atomic mass is 35.5.